The quantitative estimate of drug-likeness (QED) is 0.768. The normalized spacial score (nSPS) is 17.0. The molecular formula is C18H17FN6. The zero-order valence-electron chi connectivity index (χ0n) is 13.8. The van der Waals surface area contributed by atoms with Crippen LogP contribution in [-0.2, 0) is 0 Å². The van der Waals surface area contributed by atoms with Crippen molar-refractivity contribution in [2.45, 2.75) is 12.3 Å². The van der Waals surface area contributed by atoms with Gasteiger partial charge in [0.1, 0.15) is 23.9 Å². The standard InChI is InChI=1S/C18H17FN6/c1-21-16-11(8-20)2-3-13(15(16)19)12-5-7-25(9-12)18-14-4-6-22-17(14)23-10-24-18/h2-4,6,10,12,21H,5,7,9H2,1H3,(H,22,23,24). The average Bonchev–Trinajstić information content (AvgIpc) is 3.30. The lowest BCUT2D eigenvalue weighted by Gasteiger charge is -2.19. The summed E-state index contributed by atoms with van der Waals surface area (Å²) in [5.74, 6) is 0.600. The molecule has 1 aliphatic heterocycles. The first kappa shape index (κ1) is 15.4. The van der Waals surface area contributed by atoms with Crippen molar-refractivity contribution < 1.29 is 4.39 Å². The summed E-state index contributed by atoms with van der Waals surface area (Å²) in [5, 5.41) is 12.9. The number of fused-ring (bicyclic) bond motifs is 1. The number of nitrogens with zero attached hydrogens (tertiary/aromatic N) is 4. The summed E-state index contributed by atoms with van der Waals surface area (Å²) in [4.78, 5) is 13.9. The van der Waals surface area contributed by atoms with Crippen LogP contribution in [0.1, 0.15) is 23.5 Å². The van der Waals surface area contributed by atoms with E-state index in [-0.39, 0.29) is 17.4 Å². The van der Waals surface area contributed by atoms with Crippen LogP contribution in [0, 0.1) is 17.1 Å². The van der Waals surface area contributed by atoms with Crippen molar-refractivity contribution in [3.8, 4) is 6.07 Å². The van der Waals surface area contributed by atoms with E-state index in [9.17, 15) is 4.39 Å². The first-order chi connectivity index (χ1) is 12.2. The van der Waals surface area contributed by atoms with E-state index in [1.807, 2.05) is 18.3 Å². The van der Waals surface area contributed by atoms with Crippen molar-refractivity contribution in [3.05, 3.63) is 47.7 Å². The maximum Gasteiger partial charge on any atom is 0.151 e. The van der Waals surface area contributed by atoms with Gasteiger partial charge in [0.2, 0.25) is 0 Å². The molecule has 0 bridgehead atoms. The van der Waals surface area contributed by atoms with Crippen LogP contribution >= 0.6 is 0 Å². The van der Waals surface area contributed by atoms with E-state index < -0.39 is 0 Å². The van der Waals surface area contributed by atoms with Gasteiger partial charge in [-0.2, -0.15) is 5.26 Å². The SMILES string of the molecule is CNc1c(C#N)ccc(C2CCN(c3ncnc4[nH]ccc34)C2)c1F. The highest BCUT2D eigenvalue weighted by molar-refractivity contribution is 5.87. The second-order valence-electron chi connectivity index (χ2n) is 6.12. The molecule has 2 N–H and O–H groups in total. The van der Waals surface area contributed by atoms with Gasteiger partial charge in [0, 0.05) is 32.3 Å². The number of halogens is 1. The van der Waals surface area contributed by atoms with E-state index in [1.165, 1.54) is 0 Å². The highest BCUT2D eigenvalue weighted by Gasteiger charge is 2.29. The molecule has 3 heterocycles. The minimum absolute atomic E-state index is 0.0591. The summed E-state index contributed by atoms with van der Waals surface area (Å²) in [6.45, 7) is 1.49. The van der Waals surface area contributed by atoms with E-state index in [4.69, 9.17) is 5.26 Å². The topological polar surface area (TPSA) is 80.6 Å². The molecule has 0 aliphatic carbocycles. The van der Waals surface area contributed by atoms with E-state index in [0.717, 1.165) is 29.8 Å². The molecule has 0 spiro atoms. The van der Waals surface area contributed by atoms with Crippen LogP contribution in [0.25, 0.3) is 11.0 Å². The van der Waals surface area contributed by atoms with Gasteiger partial charge in [-0.3, -0.25) is 0 Å². The number of rotatable bonds is 3. The summed E-state index contributed by atoms with van der Waals surface area (Å²) in [6.07, 6.45) is 4.22. The predicted molar refractivity (Wildman–Crippen MR) is 94.1 cm³/mol. The van der Waals surface area contributed by atoms with E-state index in [1.54, 1.807) is 25.5 Å². The molecule has 1 atom stereocenters. The van der Waals surface area contributed by atoms with Gasteiger partial charge in [-0.25, -0.2) is 14.4 Å². The molecule has 0 saturated carbocycles. The van der Waals surface area contributed by atoms with E-state index in [0.29, 0.717) is 17.7 Å². The molecule has 1 aliphatic rings. The van der Waals surface area contributed by atoms with Crippen molar-refractivity contribution >= 4 is 22.5 Å². The van der Waals surface area contributed by atoms with Crippen LogP contribution < -0.4 is 10.2 Å². The Kier molecular flexibility index (Phi) is 3.73. The number of hydrogen-bond acceptors (Lipinski definition) is 5. The maximum atomic E-state index is 14.8. The van der Waals surface area contributed by atoms with Crippen LogP contribution in [0.5, 0.6) is 0 Å². The molecule has 1 fully saturated rings. The van der Waals surface area contributed by atoms with Crippen LogP contribution in [0.15, 0.2) is 30.7 Å². The number of anilines is 2. The lowest BCUT2D eigenvalue weighted by atomic mass is 9.95. The van der Waals surface area contributed by atoms with Crippen molar-refractivity contribution in [2.75, 3.05) is 30.4 Å². The fourth-order valence-corrected chi connectivity index (χ4v) is 3.56. The smallest absolute Gasteiger partial charge is 0.151 e. The van der Waals surface area contributed by atoms with Gasteiger partial charge in [-0.15, -0.1) is 0 Å². The zero-order chi connectivity index (χ0) is 17.4. The second kappa shape index (κ2) is 6.06. The Balaban J connectivity index is 1.65. The van der Waals surface area contributed by atoms with E-state index in [2.05, 4.69) is 25.2 Å². The lowest BCUT2D eigenvalue weighted by molar-refractivity contribution is 0.592. The summed E-state index contributed by atoms with van der Waals surface area (Å²) in [5.41, 5.74) is 2.04. The zero-order valence-corrected chi connectivity index (χ0v) is 13.8. The Morgan fingerprint density at radius 3 is 3.04 bits per heavy atom. The van der Waals surface area contributed by atoms with Gasteiger partial charge in [-0.05, 0) is 24.1 Å². The second-order valence-corrected chi connectivity index (χ2v) is 6.12. The van der Waals surface area contributed by atoms with Gasteiger partial charge in [-0.1, -0.05) is 6.07 Å². The van der Waals surface area contributed by atoms with Crippen LogP contribution in [0.2, 0.25) is 0 Å². The van der Waals surface area contributed by atoms with Gasteiger partial charge in [0.15, 0.2) is 5.82 Å². The molecule has 4 rings (SSSR count). The number of hydrogen-bond donors (Lipinski definition) is 2. The summed E-state index contributed by atoms with van der Waals surface area (Å²) in [6, 6.07) is 7.39. The first-order valence-corrected chi connectivity index (χ1v) is 8.16. The maximum absolute atomic E-state index is 14.8. The number of aromatic amines is 1. The van der Waals surface area contributed by atoms with Crippen LogP contribution in [0.4, 0.5) is 15.9 Å². The number of nitriles is 1. The van der Waals surface area contributed by atoms with E-state index >= 15 is 0 Å². The molecule has 25 heavy (non-hydrogen) atoms. The molecule has 0 radical (unpaired) electrons. The van der Waals surface area contributed by atoms with Crippen molar-refractivity contribution in [2.24, 2.45) is 0 Å². The Morgan fingerprint density at radius 2 is 2.24 bits per heavy atom. The Hall–Kier alpha value is -3.14. The summed E-state index contributed by atoms with van der Waals surface area (Å²) in [7, 11) is 1.63. The van der Waals surface area contributed by atoms with Crippen molar-refractivity contribution in [1.82, 2.24) is 15.0 Å². The number of nitrogens with one attached hydrogen (secondary N) is 2. The highest BCUT2D eigenvalue weighted by atomic mass is 19.1. The number of benzene rings is 1. The summed E-state index contributed by atoms with van der Waals surface area (Å²) < 4.78 is 14.8. The first-order valence-electron chi connectivity index (χ1n) is 8.16. The molecule has 126 valence electrons. The van der Waals surface area contributed by atoms with Gasteiger partial charge >= 0.3 is 0 Å². The third-order valence-corrected chi connectivity index (χ3v) is 4.80. The molecule has 1 unspecified atom stereocenters. The molecular weight excluding hydrogens is 319 g/mol. The molecule has 6 nitrogen and oxygen atoms in total. The fourth-order valence-electron chi connectivity index (χ4n) is 3.56. The fraction of sp³-hybridized carbons (Fsp3) is 0.278. The average molecular weight is 336 g/mol. The highest BCUT2D eigenvalue weighted by Crippen LogP contribution is 2.36. The number of H-pyrrole nitrogens is 1. The van der Waals surface area contributed by atoms with Gasteiger partial charge in [0.05, 0.1) is 16.6 Å². The monoisotopic (exact) mass is 336 g/mol. The van der Waals surface area contributed by atoms with Crippen LogP contribution in [0.3, 0.4) is 0 Å². The minimum Gasteiger partial charge on any atom is -0.385 e. The summed E-state index contributed by atoms with van der Waals surface area (Å²) >= 11 is 0. The number of aromatic nitrogens is 3. The molecule has 3 aromatic rings. The van der Waals surface area contributed by atoms with Crippen molar-refractivity contribution in [3.63, 3.8) is 0 Å². The lowest BCUT2D eigenvalue weighted by Crippen LogP contribution is -2.21. The van der Waals surface area contributed by atoms with Crippen molar-refractivity contribution in [1.29, 1.82) is 5.26 Å². The molecule has 1 aromatic carbocycles. The van der Waals surface area contributed by atoms with Gasteiger partial charge in [0.25, 0.3) is 0 Å². The molecule has 1 saturated heterocycles. The third kappa shape index (κ3) is 2.47. The molecule has 7 heteroatoms. The Labute approximate surface area is 144 Å². The van der Waals surface area contributed by atoms with Gasteiger partial charge < -0.3 is 15.2 Å². The Bertz CT molecular complexity index is 973. The Morgan fingerprint density at radius 1 is 1.36 bits per heavy atom. The largest absolute Gasteiger partial charge is 0.385 e. The predicted octanol–water partition coefficient (Wildman–Crippen LogP) is 3.00. The molecule has 2 aromatic heterocycles. The van der Waals surface area contributed by atoms with Crippen LogP contribution in [-0.4, -0.2) is 35.1 Å². The molecule has 0 amide bonds. The minimum atomic E-state index is -0.331. The third-order valence-electron chi connectivity index (χ3n) is 4.80.